The van der Waals surface area contributed by atoms with E-state index in [4.69, 9.17) is 0 Å². The van der Waals surface area contributed by atoms with Crippen molar-refractivity contribution in [1.82, 2.24) is 9.59 Å². The highest BCUT2D eigenvalue weighted by Crippen LogP contribution is 2.22. The predicted octanol–water partition coefficient (Wildman–Crippen LogP) is 1.61. The Morgan fingerprint density at radius 2 is 2.25 bits per heavy atom. The fourth-order valence-corrected chi connectivity index (χ4v) is 1.74. The summed E-state index contributed by atoms with van der Waals surface area (Å²) in [7, 11) is 0. The van der Waals surface area contributed by atoms with Crippen LogP contribution in [-0.2, 0) is 11.2 Å². The molecule has 1 aromatic rings. The molecule has 0 saturated carbocycles. The zero-order valence-electron chi connectivity index (χ0n) is 7.50. The van der Waals surface area contributed by atoms with Gasteiger partial charge in [-0.05, 0) is 24.9 Å². The maximum absolute atomic E-state index is 10.6. The maximum Gasteiger partial charge on any atom is 0.125 e. The van der Waals surface area contributed by atoms with Gasteiger partial charge in [0.05, 0.1) is 5.69 Å². The molecule has 1 rings (SSSR count). The van der Waals surface area contributed by atoms with Gasteiger partial charge >= 0.3 is 0 Å². The molecule has 1 heterocycles. The summed E-state index contributed by atoms with van der Waals surface area (Å²) >= 11 is 1.37. The third-order valence-corrected chi connectivity index (χ3v) is 2.50. The van der Waals surface area contributed by atoms with E-state index in [-0.39, 0.29) is 5.41 Å². The van der Waals surface area contributed by atoms with E-state index < -0.39 is 0 Å². The van der Waals surface area contributed by atoms with Crippen LogP contribution in [0.5, 0.6) is 0 Å². The zero-order chi connectivity index (χ0) is 9.19. The molecule has 0 amide bonds. The highest BCUT2D eigenvalue weighted by atomic mass is 32.1. The number of hydrogen-bond acceptors (Lipinski definition) is 4. The zero-order valence-corrected chi connectivity index (χ0v) is 8.31. The average molecular weight is 184 g/mol. The molecule has 0 N–H and O–H groups in total. The third kappa shape index (κ3) is 2.11. The fraction of sp³-hybridized carbons (Fsp3) is 0.625. The Kier molecular flexibility index (Phi) is 2.57. The van der Waals surface area contributed by atoms with Crippen molar-refractivity contribution < 1.29 is 4.79 Å². The Morgan fingerprint density at radius 3 is 2.67 bits per heavy atom. The van der Waals surface area contributed by atoms with Crippen LogP contribution in [0.4, 0.5) is 0 Å². The summed E-state index contributed by atoms with van der Waals surface area (Å²) in [6, 6.07) is 0. The van der Waals surface area contributed by atoms with Gasteiger partial charge in [0.15, 0.2) is 0 Å². The lowest BCUT2D eigenvalue weighted by atomic mass is 9.90. The Morgan fingerprint density at radius 1 is 1.58 bits per heavy atom. The summed E-state index contributed by atoms with van der Waals surface area (Å²) in [6.45, 7) is 5.75. The summed E-state index contributed by atoms with van der Waals surface area (Å²) in [5.41, 5.74) is 0.647. The molecule has 0 aliphatic rings. The van der Waals surface area contributed by atoms with Gasteiger partial charge in [-0.3, -0.25) is 0 Å². The fourth-order valence-electron chi connectivity index (χ4n) is 0.868. The molecule has 3 nitrogen and oxygen atoms in total. The first-order valence-corrected chi connectivity index (χ1v) is 4.57. The van der Waals surface area contributed by atoms with Crippen LogP contribution in [0.3, 0.4) is 0 Å². The first-order valence-electron chi connectivity index (χ1n) is 3.79. The van der Waals surface area contributed by atoms with E-state index >= 15 is 0 Å². The van der Waals surface area contributed by atoms with E-state index in [1.807, 2.05) is 20.8 Å². The van der Waals surface area contributed by atoms with Gasteiger partial charge < -0.3 is 4.79 Å². The Bertz CT molecular complexity index is 280. The van der Waals surface area contributed by atoms with Crippen molar-refractivity contribution in [2.24, 2.45) is 5.41 Å². The normalized spacial score (nSPS) is 11.6. The van der Waals surface area contributed by atoms with Crippen LogP contribution in [0.15, 0.2) is 0 Å². The summed E-state index contributed by atoms with van der Waals surface area (Å²) in [6.07, 6.45) is 1.71. The number of rotatable bonds is 3. The van der Waals surface area contributed by atoms with Crippen LogP contribution >= 0.6 is 11.5 Å². The second-order valence-corrected chi connectivity index (χ2v) is 4.40. The number of aromatic nitrogens is 2. The molecule has 0 unspecified atom stereocenters. The van der Waals surface area contributed by atoms with E-state index in [1.54, 1.807) is 0 Å². The number of carbonyl (C=O) groups is 1. The van der Waals surface area contributed by atoms with Crippen LogP contribution in [0.1, 0.15) is 24.4 Å². The Hall–Kier alpha value is -0.770. The number of aryl methyl sites for hydroxylation is 1. The van der Waals surface area contributed by atoms with Crippen LogP contribution in [0.25, 0.3) is 0 Å². The Labute approximate surface area is 76.0 Å². The smallest absolute Gasteiger partial charge is 0.125 e. The molecule has 66 valence electrons. The van der Waals surface area contributed by atoms with Crippen molar-refractivity contribution in [3.8, 4) is 0 Å². The number of hydrogen-bond donors (Lipinski definition) is 0. The summed E-state index contributed by atoms with van der Waals surface area (Å²) in [4.78, 5) is 11.7. The maximum atomic E-state index is 10.6. The van der Waals surface area contributed by atoms with Gasteiger partial charge in [-0.1, -0.05) is 18.3 Å². The van der Waals surface area contributed by atoms with Crippen LogP contribution in [0, 0.1) is 12.3 Å². The minimum atomic E-state index is -0.293. The first kappa shape index (κ1) is 9.32. The lowest BCUT2D eigenvalue weighted by molar-refractivity contribution is -0.114. The predicted molar refractivity (Wildman–Crippen MR) is 48.2 cm³/mol. The van der Waals surface area contributed by atoms with Crippen LogP contribution < -0.4 is 0 Å². The molecule has 0 radical (unpaired) electrons. The Balaban J connectivity index is 2.76. The van der Waals surface area contributed by atoms with Gasteiger partial charge in [-0.15, -0.1) is 5.10 Å². The summed E-state index contributed by atoms with van der Waals surface area (Å²) in [5, 5.41) is 3.89. The molecule has 0 aliphatic carbocycles. The van der Waals surface area contributed by atoms with Crippen molar-refractivity contribution in [3.05, 3.63) is 10.6 Å². The lowest BCUT2D eigenvalue weighted by Gasteiger charge is -2.14. The average Bonchev–Trinajstić information content (AvgIpc) is 2.36. The number of aldehydes is 1. The highest BCUT2D eigenvalue weighted by Gasteiger charge is 2.19. The molecule has 1 aromatic heterocycles. The number of carbonyl (C=O) groups excluding carboxylic acids is 1. The van der Waals surface area contributed by atoms with Crippen molar-refractivity contribution in [3.63, 3.8) is 0 Å². The van der Waals surface area contributed by atoms with Gasteiger partial charge in [0.1, 0.15) is 6.29 Å². The number of nitrogens with zero attached hydrogens (tertiary/aromatic N) is 2. The second kappa shape index (κ2) is 3.31. The molecule has 12 heavy (non-hydrogen) atoms. The minimum Gasteiger partial charge on any atom is -0.303 e. The van der Waals surface area contributed by atoms with E-state index in [2.05, 4.69) is 9.59 Å². The van der Waals surface area contributed by atoms with Gasteiger partial charge in [0.2, 0.25) is 0 Å². The molecule has 0 spiro atoms. The van der Waals surface area contributed by atoms with Crippen molar-refractivity contribution in [1.29, 1.82) is 0 Å². The standard InChI is InChI=1S/C8H12N2OS/c1-6-7(12-10-9-6)4-8(2,3)5-11/h5H,4H2,1-3H3. The lowest BCUT2D eigenvalue weighted by Crippen LogP contribution is -2.16. The van der Waals surface area contributed by atoms with Crippen molar-refractivity contribution >= 4 is 17.8 Å². The van der Waals surface area contributed by atoms with E-state index in [0.29, 0.717) is 0 Å². The van der Waals surface area contributed by atoms with E-state index in [1.165, 1.54) is 11.5 Å². The second-order valence-electron chi connectivity index (χ2n) is 3.56. The molecule has 0 aliphatic heterocycles. The quantitative estimate of drug-likeness (QED) is 0.670. The van der Waals surface area contributed by atoms with Gasteiger partial charge in [-0.25, -0.2) is 0 Å². The van der Waals surface area contributed by atoms with Gasteiger partial charge in [0, 0.05) is 10.3 Å². The monoisotopic (exact) mass is 184 g/mol. The summed E-state index contributed by atoms with van der Waals surface area (Å²) in [5.74, 6) is 0. The van der Waals surface area contributed by atoms with Gasteiger partial charge in [-0.2, -0.15) is 0 Å². The molecule has 0 saturated heterocycles. The highest BCUT2D eigenvalue weighted by molar-refractivity contribution is 7.05. The van der Waals surface area contributed by atoms with Crippen LogP contribution in [0.2, 0.25) is 0 Å². The molecule has 0 fully saturated rings. The largest absolute Gasteiger partial charge is 0.303 e. The summed E-state index contributed by atoms with van der Waals surface area (Å²) < 4.78 is 3.82. The third-order valence-electron chi connectivity index (χ3n) is 1.68. The molecular weight excluding hydrogens is 172 g/mol. The van der Waals surface area contributed by atoms with Crippen molar-refractivity contribution in [2.75, 3.05) is 0 Å². The van der Waals surface area contributed by atoms with Gasteiger partial charge in [0.25, 0.3) is 0 Å². The van der Waals surface area contributed by atoms with Crippen LogP contribution in [-0.4, -0.2) is 15.9 Å². The van der Waals surface area contributed by atoms with E-state index in [0.717, 1.165) is 23.3 Å². The molecule has 0 bridgehead atoms. The topological polar surface area (TPSA) is 42.9 Å². The van der Waals surface area contributed by atoms with E-state index in [9.17, 15) is 4.79 Å². The SMILES string of the molecule is Cc1nnsc1CC(C)(C)C=O. The molecule has 0 aromatic carbocycles. The van der Waals surface area contributed by atoms with Crippen molar-refractivity contribution in [2.45, 2.75) is 27.2 Å². The molecular formula is C8H12N2OS. The molecule has 0 atom stereocenters. The first-order chi connectivity index (χ1) is 5.55. The minimum absolute atomic E-state index is 0.293. The molecule has 4 heteroatoms.